The van der Waals surface area contributed by atoms with Gasteiger partial charge in [0.25, 0.3) is 5.56 Å². The number of rotatable bonds is 8. The molecule has 1 N–H and O–H groups in total. The topological polar surface area (TPSA) is 146 Å². The monoisotopic (exact) mass is 566 g/mol. The largest absolute Gasteiger partial charge is 0.493 e. The van der Waals surface area contributed by atoms with E-state index >= 15 is 0 Å². The Morgan fingerprint density at radius 3 is 2.73 bits per heavy atom. The van der Waals surface area contributed by atoms with Crippen molar-refractivity contribution in [2.24, 2.45) is 5.10 Å². The van der Waals surface area contributed by atoms with Gasteiger partial charge in [-0.3, -0.25) is 14.9 Å². The lowest BCUT2D eigenvalue weighted by molar-refractivity contribution is -0.386. The number of aromatic nitrogens is 2. The van der Waals surface area contributed by atoms with Crippen LogP contribution in [-0.2, 0) is 6.61 Å². The fraction of sp³-hybridized carbons (Fsp3) is 0.120. The quantitative estimate of drug-likeness (QED) is 0.186. The number of benzene rings is 3. The van der Waals surface area contributed by atoms with Gasteiger partial charge in [0.05, 0.1) is 34.7 Å². The lowest BCUT2D eigenvalue weighted by atomic mass is 10.1. The highest BCUT2D eigenvalue weighted by Gasteiger charge is 2.22. The minimum absolute atomic E-state index is 0.0645. The Balaban J connectivity index is 1.69. The third kappa shape index (κ3) is 5.48. The molecule has 0 saturated carbocycles. The predicted octanol–water partition coefficient (Wildman–Crippen LogP) is 4.54. The maximum absolute atomic E-state index is 13.0. The van der Waals surface area contributed by atoms with Crippen LogP contribution >= 0.6 is 15.9 Å². The lowest BCUT2D eigenvalue weighted by Crippen LogP contribution is -2.20. The second-order valence-corrected chi connectivity index (χ2v) is 8.72. The van der Waals surface area contributed by atoms with Crippen LogP contribution in [0.25, 0.3) is 10.9 Å². The SMILES string of the molecule is COc1cc(C=Nn2c(C)nc3ccc(Br)cc3c2=O)cc([N+](=O)[O-])c1OCc1cccc(C(=O)O)c1. The van der Waals surface area contributed by atoms with E-state index in [0.717, 1.165) is 4.68 Å². The smallest absolute Gasteiger partial charge is 0.335 e. The van der Waals surface area contributed by atoms with Gasteiger partial charge >= 0.3 is 11.7 Å². The Labute approximate surface area is 217 Å². The summed E-state index contributed by atoms with van der Waals surface area (Å²) in [5, 5.41) is 25.6. The van der Waals surface area contributed by atoms with Gasteiger partial charge in [-0.25, -0.2) is 9.78 Å². The van der Waals surface area contributed by atoms with E-state index in [1.807, 2.05) is 0 Å². The van der Waals surface area contributed by atoms with Gasteiger partial charge in [-0.15, -0.1) is 0 Å². The number of nitro groups is 1. The average Bonchev–Trinajstić information content (AvgIpc) is 2.87. The van der Waals surface area contributed by atoms with E-state index in [4.69, 9.17) is 14.6 Å². The number of nitrogens with zero attached hydrogens (tertiary/aromatic N) is 4. The standard InChI is InChI=1S/C25H19BrN4O7/c1-14-28-20-7-6-18(26)11-19(20)24(31)29(14)27-12-16-9-21(30(34)35)23(22(10-16)36-2)37-13-15-4-3-5-17(8-15)25(32)33/h3-12H,13H2,1-2H3,(H,32,33). The molecule has 0 spiro atoms. The average molecular weight is 567 g/mol. The summed E-state index contributed by atoms with van der Waals surface area (Å²) in [5.74, 6) is -0.829. The van der Waals surface area contributed by atoms with E-state index in [1.165, 1.54) is 37.6 Å². The van der Waals surface area contributed by atoms with Crippen molar-refractivity contribution in [1.82, 2.24) is 9.66 Å². The molecule has 0 bridgehead atoms. The number of hydrogen-bond acceptors (Lipinski definition) is 8. The van der Waals surface area contributed by atoms with Crippen LogP contribution in [0.15, 0.2) is 69.0 Å². The van der Waals surface area contributed by atoms with Gasteiger partial charge in [-0.1, -0.05) is 28.1 Å². The highest BCUT2D eigenvalue weighted by Crippen LogP contribution is 2.38. The summed E-state index contributed by atoms with van der Waals surface area (Å²) in [6, 6.07) is 13.9. The minimum atomic E-state index is -1.10. The third-order valence-electron chi connectivity index (χ3n) is 5.32. The molecule has 1 heterocycles. The number of aromatic carboxylic acids is 1. The summed E-state index contributed by atoms with van der Waals surface area (Å²) in [5.41, 5.74) is 0.585. The molecule has 0 radical (unpaired) electrons. The summed E-state index contributed by atoms with van der Waals surface area (Å²) in [6.45, 7) is 1.50. The van der Waals surface area contributed by atoms with E-state index in [-0.39, 0.29) is 34.9 Å². The van der Waals surface area contributed by atoms with Gasteiger partial charge in [0.1, 0.15) is 12.4 Å². The molecule has 0 amide bonds. The summed E-state index contributed by atoms with van der Waals surface area (Å²) < 4.78 is 12.8. The van der Waals surface area contributed by atoms with E-state index < -0.39 is 16.5 Å². The third-order valence-corrected chi connectivity index (χ3v) is 5.82. The molecule has 4 aromatic rings. The molecule has 3 aromatic carbocycles. The molecule has 0 aliphatic carbocycles. The summed E-state index contributed by atoms with van der Waals surface area (Å²) in [6.07, 6.45) is 1.29. The first kappa shape index (κ1) is 25.5. The molecule has 0 aliphatic rings. The van der Waals surface area contributed by atoms with E-state index in [1.54, 1.807) is 37.3 Å². The maximum atomic E-state index is 13.0. The van der Waals surface area contributed by atoms with Crippen molar-refractivity contribution in [2.45, 2.75) is 13.5 Å². The van der Waals surface area contributed by atoms with Crippen LogP contribution in [-0.4, -0.2) is 39.0 Å². The van der Waals surface area contributed by atoms with Crippen molar-refractivity contribution >= 4 is 44.7 Å². The Morgan fingerprint density at radius 2 is 2.03 bits per heavy atom. The van der Waals surface area contributed by atoms with Crippen LogP contribution in [0.3, 0.4) is 0 Å². The number of carbonyl (C=O) groups is 1. The van der Waals surface area contributed by atoms with Gasteiger partial charge in [0.2, 0.25) is 5.75 Å². The fourth-order valence-electron chi connectivity index (χ4n) is 3.58. The highest BCUT2D eigenvalue weighted by atomic mass is 79.9. The second-order valence-electron chi connectivity index (χ2n) is 7.80. The van der Waals surface area contributed by atoms with E-state index in [2.05, 4.69) is 26.0 Å². The normalized spacial score (nSPS) is 11.1. The first-order valence-corrected chi connectivity index (χ1v) is 11.5. The van der Waals surface area contributed by atoms with Crippen molar-refractivity contribution in [3.63, 3.8) is 0 Å². The molecule has 37 heavy (non-hydrogen) atoms. The molecule has 1 aromatic heterocycles. The van der Waals surface area contributed by atoms with Gasteiger partial charge in [-0.05, 0) is 48.9 Å². The van der Waals surface area contributed by atoms with Crippen molar-refractivity contribution in [3.05, 3.63) is 102 Å². The lowest BCUT2D eigenvalue weighted by Gasteiger charge is -2.12. The molecule has 4 rings (SSSR count). The zero-order valence-electron chi connectivity index (χ0n) is 19.5. The molecular weight excluding hydrogens is 548 g/mol. The number of halogens is 1. The molecule has 0 saturated heterocycles. The van der Waals surface area contributed by atoms with Crippen LogP contribution in [0.4, 0.5) is 5.69 Å². The van der Waals surface area contributed by atoms with Gasteiger partial charge in [0.15, 0.2) is 5.75 Å². The predicted molar refractivity (Wildman–Crippen MR) is 139 cm³/mol. The van der Waals surface area contributed by atoms with Crippen LogP contribution in [0.2, 0.25) is 0 Å². The maximum Gasteiger partial charge on any atom is 0.335 e. The summed E-state index contributed by atoms with van der Waals surface area (Å²) >= 11 is 3.34. The van der Waals surface area contributed by atoms with E-state index in [9.17, 15) is 19.7 Å². The van der Waals surface area contributed by atoms with Crippen LogP contribution in [0.5, 0.6) is 11.5 Å². The minimum Gasteiger partial charge on any atom is -0.493 e. The van der Waals surface area contributed by atoms with Crippen molar-refractivity contribution in [1.29, 1.82) is 0 Å². The molecule has 0 unspecified atom stereocenters. The molecule has 12 heteroatoms. The number of methoxy groups -OCH3 is 1. The van der Waals surface area contributed by atoms with E-state index in [0.29, 0.717) is 26.8 Å². The zero-order valence-corrected chi connectivity index (χ0v) is 21.1. The zero-order chi connectivity index (χ0) is 26.7. The molecule has 0 aliphatic heterocycles. The van der Waals surface area contributed by atoms with Crippen molar-refractivity contribution in [3.8, 4) is 11.5 Å². The Morgan fingerprint density at radius 1 is 1.24 bits per heavy atom. The van der Waals surface area contributed by atoms with Gasteiger partial charge in [0, 0.05) is 16.1 Å². The summed E-state index contributed by atoms with van der Waals surface area (Å²) in [4.78, 5) is 39.8. The Kier molecular flexibility index (Phi) is 7.30. The molecule has 0 atom stereocenters. The van der Waals surface area contributed by atoms with Crippen molar-refractivity contribution in [2.75, 3.05) is 7.11 Å². The van der Waals surface area contributed by atoms with Crippen LogP contribution in [0, 0.1) is 17.0 Å². The Bertz CT molecular complexity index is 1630. The van der Waals surface area contributed by atoms with Crippen molar-refractivity contribution < 1.29 is 24.3 Å². The number of nitro benzene ring substituents is 1. The molecule has 0 fully saturated rings. The number of carboxylic acid groups (broad SMARTS) is 1. The first-order valence-electron chi connectivity index (χ1n) is 10.7. The van der Waals surface area contributed by atoms with Crippen LogP contribution < -0.4 is 15.0 Å². The number of carboxylic acids is 1. The van der Waals surface area contributed by atoms with Crippen LogP contribution in [0.1, 0.15) is 27.3 Å². The molecule has 11 nitrogen and oxygen atoms in total. The number of fused-ring (bicyclic) bond motifs is 1. The molecule has 188 valence electrons. The number of aryl methyl sites for hydroxylation is 1. The van der Waals surface area contributed by atoms with Gasteiger partial charge < -0.3 is 14.6 Å². The second kappa shape index (κ2) is 10.6. The van der Waals surface area contributed by atoms with Gasteiger partial charge in [-0.2, -0.15) is 9.78 Å². The number of ether oxygens (including phenoxy) is 2. The Hall–Kier alpha value is -4.58. The first-order chi connectivity index (χ1) is 17.7. The molecular formula is C25H19BrN4O7. The highest BCUT2D eigenvalue weighted by molar-refractivity contribution is 9.10. The number of hydrogen-bond donors (Lipinski definition) is 1. The fourth-order valence-corrected chi connectivity index (χ4v) is 3.95. The summed E-state index contributed by atoms with van der Waals surface area (Å²) in [7, 11) is 1.33.